The van der Waals surface area contributed by atoms with E-state index in [-0.39, 0.29) is 36.4 Å². The lowest BCUT2D eigenvalue weighted by molar-refractivity contribution is -0.119. The molecule has 0 aliphatic heterocycles. The van der Waals surface area contributed by atoms with Crippen molar-refractivity contribution in [3.8, 4) is 5.75 Å². The summed E-state index contributed by atoms with van der Waals surface area (Å²) in [5, 5.41) is 9.13. The van der Waals surface area contributed by atoms with Gasteiger partial charge in [0.1, 0.15) is 18.1 Å². The first-order valence-corrected chi connectivity index (χ1v) is 8.66. The number of aliphatic imine (C=N–C) groups is 1. The molecule has 0 atom stereocenters. The number of methoxy groups -OCH3 is 1. The normalized spacial score (nSPS) is 10.7. The van der Waals surface area contributed by atoms with Gasteiger partial charge in [-0.1, -0.05) is 18.2 Å². The number of furan rings is 1. The Morgan fingerprint density at radius 3 is 2.67 bits per heavy atom. The number of guanidine groups is 1. The third-order valence-corrected chi connectivity index (χ3v) is 3.64. The zero-order chi connectivity index (χ0) is 18.6. The predicted octanol–water partition coefficient (Wildman–Crippen LogP) is 2.32. The molecular weight excluding hydrogens is 459 g/mol. The Morgan fingerprint density at radius 2 is 1.96 bits per heavy atom. The van der Waals surface area contributed by atoms with Crippen molar-refractivity contribution in [3.63, 3.8) is 0 Å². The largest absolute Gasteiger partial charge is 0.496 e. The maximum atomic E-state index is 11.9. The molecule has 0 spiro atoms. The molecule has 1 heterocycles. The van der Waals surface area contributed by atoms with Gasteiger partial charge in [-0.15, -0.1) is 24.0 Å². The molecule has 8 heteroatoms. The van der Waals surface area contributed by atoms with Crippen LogP contribution in [0.5, 0.6) is 5.75 Å². The number of nitrogens with zero attached hydrogens (tertiary/aromatic N) is 1. The Balaban J connectivity index is 0.00000364. The van der Waals surface area contributed by atoms with E-state index in [4.69, 9.17) is 9.15 Å². The van der Waals surface area contributed by atoms with Crippen LogP contribution in [0.15, 0.2) is 52.1 Å². The predicted molar refractivity (Wildman–Crippen MR) is 117 cm³/mol. The van der Waals surface area contributed by atoms with Gasteiger partial charge in [0.15, 0.2) is 5.96 Å². The van der Waals surface area contributed by atoms with E-state index in [0.29, 0.717) is 31.4 Å². The maximum absolute atomic E-state index is 11.9. The van der Waals surface area contributed by atoms with Crippen LogP contribution in [-0.4, -0.2) is 38.6 Å². The van der Waals surface area contributed by atoms with Crippen molar-refractivity contribution in [1.29, 1.82) is 0 Å². The molecule has 1 amide bonds. The molecule has 2 aromatic rings. The van der Waals surface area contributed by atoms with Gasteiger partial charge in [-0.3, -0.25) is 4.79 Å². The molecule has 3 N–H and O–H groups in total. The van der Waals surface area contributed by atoms with Crippen LogP contribution < -0.4 is 20.7 Å². The van der Waals surface area contributed by atoms with Gasteiger partial charge in [-0.05, 0) is 37.1 Å². The fourth-order valence-electron chi connectivity index (χ4n) is 2.37. The highest BCUT2D eigenvalue weighted by Gasteiger charge is 2.05. The number of benzene rings is 1. The summed E-state index contributed by atoms with van der Waals surface area (Å²) in [5.41, 5.74) is 1.12. The minimum atomic E-state index is -0.164. The van der Waals surface area contributed by atoms with E-state index in [1.165, 1.54) is 0 Å². The van der Waals surface area contributed by atoms with Gasteiger partial charge < -0.3 is 25.1 Å². The molecule has 0 aliphatic carbocycles. The summed E-state index contributed by atoms with van der Waals surface area (Å²) < 4.78 is 10.5. The van der Waals surface area contributed by atoms with Crippen molar-refractivity contribution in [1.82, 2.24) is 16.0 Å². The SMILES string of the molecule is CCNC(=NCC(=O)NCc1ccco1)NCCc1ccccc1OC.I. The summed E-state index contributed by atoms with van der Waals surface area (Å²) in [7, 11) is 1.67. The summed E-state index contributed by atoms with van der Waals surface area (Å²) >= 11 is 0. The monoisotopic (exact) mass is 486 g/mol. The minimum absolute atomic E-state index is 0. The lowest BCUT2D eigenvalue weighted by Crippen LogP contribution is -2.39. The Bertz CT molecular complexity index is 705. The Hall–Kier alpha value is -2.23. The molecule has 0 aliphatic rings. The standard InChI is InChI=1S/C19H26N4O3.HI/c1-3-20-19(21-11-10-15-7-4-5-9-17(15)25-2)23-14-18(24)22-13-16-8-6-12-26-16;/h4-9,12H,3,10-11,13-14H2,1-2H3,(H,22,24)(H2,20,21,23);1H. The number of halogens is 1. The number of carbonyl (C=O) groups excluding carboxylic acids is 1. The van der Waals surface area contributed by atoms with Gasteiger partial charge in [0.05, 0.1) is 19.9 Å². The van der Waals surface area contributed by atoms with Crippen LogP contribution in [0.25, 0.3) is 0 Å². The molecule has 0 radical (unpaired) electrons. The summed E-state index contributed by atoms with van der Waals surface area (Å²) in [4.78, 5) is 16.2. The molecule has 0 saturated heterocycles. The number of rotatable bonds is 9. The van der Waals surface area contributed by atoms with Gasteiger partial charge in [0, 0.05) is 13.1 Å². The molecule has 0 bridgehead atoms. The minimum Gasteiger partial charge on any atom is -0.496 e. The third-order valence-electron chi connectivity index (χ3n) is 3.64. The first-order valence-electron chi connectivity index (χ1n) is 8.66. The number of nitrogens with one attached hydrogen (secondary N) is 3. The Morgan fingerprint density at radius 1 is 1.15 bits per heavy atom. The highest BCUT2D eigenvalue weighted by Crippen LogP contribution is 2.17. The van der Waals surface area contributed by atoms with Gasteiger partial charge in [0.2, 0.25) is 5.91 Å². The highest BCUT2D eigenvalue weighted by molar-refractivity contribution is 14.0. The molecule has 0 saturated carbocycles. The fraction of sp³-hybridized carbons (Fsp3) is 0.368. The smallest absolute Gasteiger partial charge is 0.242 e. The first kappa shape index (κ1) is 22.8. The van der Waals surface area contributed by atoms with Gasteiger partial charge in [-0.25, -0.2) is 4.99 Å². The number of para-hydroxylation sites is 1. The van der Waals surface area contributed by atoms with E-state index in [0.717, 1.165) is 17.7 Å². The van der Waals surface area contributed by atoms with E-state index in [1.54, 1.807) is 19.4 Å². The Kier molecular flexibility index (Phi) is 11.0. The van der Waals surface area contributed by atoms with Crippen LogP contribution >= 0.6 is 24.0 Å². The van der Waals surface area contributed by atoms with E-state index < -0.39 is 0 Å². The molecule has 2 rings (SSSR count). The third kappa shape index (κ3) is 8.33. The zero-order valence-electron chi connectivity index (χ0n) is 15.7. The second-order valence-electron chi connectivity index (χ2n) is 5.54. The number of ether oxygens (including phenoxy) is 1. The molecular formula is C19H27IN4O3. The van der Waals surface area contributed by atoms with Crippen LogP contribution in [0.1, 0.15) is 18.2 Å². The quantitative estimate of drug-likeness (QED) is 0.288. The van der Waals surface area contributed by atoms with Gasteiger partial charge in [0.25, 0.3) is 0 Å². The van der Waals surface area contributed by atoms with Crippen LogP contribution in [0, 0.1) is 0 Å². The second-order valence-corrected chi connectivity index (χ2v) is 5.54. The lowest BCUT2D eigenvalue weighted by Gasteiger charge is -2.12. The van der Waals surface area contributed by atoms with Gasteiger partial charge in [-0.2, -0.15) is 0 Å². The topological polar surface area (TPSA) is 87.9 Å². The molecule has 1 aromatic carbocycles. The van der Waals surface area contributed by atoms with Crippen molar-refractivity contribution in [2.24, 2.45) is 4.99 Å². The number of hydrogen-bond donors (Lipinski definition) is 3. The summed E-state index contributed by atoms with van der Waals surface area (Å²) in [6.07, 6.45) is 2.37. The van der Waals surface area contributed by atoms with Crippen molar-refractivity contribution < 1.29 is 13.9 Å². The summed E-state index contributed by atoms with van der Waals surface area (Å²) in [6.45, 7) is 3.78. The highest BCUT2D eigenvalue weighted by atomic mass is 127. The van der Waals surface area contributed by atoms with E-state index in [9.17, 15) is 4.79 Å². The maximum Gasteiger partial charge on any atom is 0.242 e. The van der Waals surface area contributed by atoms with E-state index in [2.05, 4.69) is 20.9 Å². The van der Waals surface area contributed by atoms with Crippen LogP contribution in [0.2, 0.25) is 0 Å². The van der Waals surface area contributed by atoms with Crippen molar-refractivity contribution in [2.75, 3.05) is 26.7 Å². The lowest BCUT2D eigenvalue weighted by atomic mass is 10.1. The van der Waals surface area contributed by atoms with Crippen LogP contribution in [0.4, 0.5) is 0 Å². The van der Waals surface area contributed by atoms with E-state index >= 15 is 0 Å². The molecule has 7 nitrogen and oxygen atoms in total. The summed E-state index contributed by atoms with van der Waals surface area (Å²) in [6, 6.07) is 11.5. The average Bonchev–Trinajstić information content (AvgIpc) is 3.18. The van der Waals surface area contributed by atoms with E-state index in [1.807, 2.05) is 37.3 Å². The Labute approximate surface area is 177 Å². The first-order chi connectivity index (χ1) is 12.7. The molecule has 0 fully saturated rings. The molecule has 27 heavy (non-hydrogen) atoms. The molecule has 148 valence electrons. The van der Waals surface area contributed by atoms with Crippen LogP contribution in [0.3, 0.4) is 0 Å². The molecule has 1 aromatic heterocycles. The number of amides is 1. The zero-order valence-corrected chi connectivity index (χ0v) is 18.0. The summed E-state index contributed by atoms with van der Waals surface area (Å²) in [5.74, 6) is 2.02. The van der Waals surface area contributed by atoms with Crippen molar-refractivity contribution >= 4 is 35.8 Å². The van der Waals surface area contributed by atoms with Crippen molar-refractivity contribution in [2.45, 2.75) is 19.9 Å². The second kappa shape index (κ2) is 13.0. The van der Waals surface area contributed by atoms with Crippen LogP contribution in [-0.2, 0) is 17.8 Å². The van der Waals surface area contributed by atoms with Crippen molar-refractivity contribution in [3.05, 3.63) is 54.0 Å². The van der Waals surface area contributed by atoms with Gasteiger partial charge >= 0.3 is 0 Å². The number of hydrogen-bond acceptors (Lipinski definition) is 4. The fourth-order valence-corrected chi connectivity index (χ4v) is 2.37. The molecule has 0 unspecified atom stereocenters. The number of carbonyl (C=O) groups is 1. The average molecular weight is 486 g/mol.